The Morgan fingerprint density at radius 1 is 0.971 bits per heavy atom. The zero-order valence-corrected chi connectivity index (χ0v) is 19.3. The summed E-state index contributed by atoms with van der Waals surface area (Å²) in [4.78, 5) is 44.2. The first-order chi connectivity index (χ1) is 16.3. The van der Waals surface area contributed by atoms with Crippen LogP contribution in [-0.2, 0) is 22.6 Å². The minimum Gasteiger partial charge on any atom is -0.480 e. The van der Waals surface area contributed by atoms with Crippen molar-refractivity contribution in [1.82, 2.24) is 20.2 Å². The Kier molecular flexibility index (Phi) is 6.81. The van der Waals surface area contributed by atoms with Crippen LogP contribution in [0.4, 0.5) is 10.7 Å². The lowest BCUT2D eigenvalue weighted by atomic mass is 10.0. The highest BCUT2D eigenvalue weighted by molar-refractivity contribution is 5.97. The van der Waals surface area contributed by atoms with Gasteiger partial charge in [0, 0.05) is 19.5 Å². The van der Waals surface area contributed by atoms with Crippen molar-refractivity contribution >= 4 is 34.9 Å². The summed E-state index contributed by atoms with van der Waals surface area (Å²) in [6, 6.07) is 14.4. The van der Waals surface area contributed by atoms with Crippen molar-refractivity contribution in [3.8, 4) is 0 Å². The van der Waals surface area contributed by atoms with Gasteiger partial charge < -0.3 is 20.3 Å². The number of rotatable bonds is 8. The van der Waals surface area contributed by atoms with Gasteiger partial charge in [-0.05, 0) is 30.0 Å². The molecule has 1 aliphatic heterocycles. The van der Waals surface area contributed by atoms with Crippen molar-refractivity contribution < 1.29 is 19.5 Å². The molecule has 0 radical (unpaired) electrons. The van der Waals surface area contributed by atoms with Crippen LogP contribution in [0.15, 0.2) is 54.6 Å². The van der Waals surface area contributed by atoms with Crippen molar-refractivity contribution in [2.75, 3.05) is 11.4 Å². The third kappa shape index (κ3) is 5.03. The maximum absolute atomic E-state index is 13.2. The number of fused-ring (bicyclic) bond motifs is 3. The predicted octanol–water partition coefficient (Wildman–Crippen LogP) is 2.79. The van der Waals surface area contributed by atoms with E-state index in [4.69, 9.17) is 0 Å². The molecule has 2 atom stereocenters. The van der Waals surface area contributed by atoms with Crippen LogP contribution in [0.5, 0.6) is 0 Å². The summed E-state index contributed by atoms with van der Waals surface area (Å²) in [6.45, 7) is 4.95. The molecule has 0 aliphatic carbocycles. The molecule has 2 heterocycles. The van der Waals surface area contributed by atoms with Crippen LogP contribution in [0.2, 0.25) is 0 Å². The molecule has 0 spiro atoms. The second kappa shape index (κ2) is 9.94. The third-order valence-corrected chi connectivity index (χ3v) is 5.89. The molecule has 0 fully saturated rings. The van der Waals surface area contributed by atoms with Crippen LogP contribution in [0.3, 0.4) is 0 Å². The molecule has 3 aromatic rings. The number of carboxylic acids is 1. The second-order valence-electron chi connectivity index (χ2n) is 8.92. The first-order valence-corrected chi connectivity index (χ1v) is 11.4. The van der Waals surface area contributed by atoms with Crippen LogP contribution < -0.4 is 15.5 Å². The number of carbonyl (C=O) groups is 3. The number of aromatic nitrogens is 2. The number of urea groups is 1. The van der Waals surface area contributed by atoms with Crippen LogP contribution in [-0.4, -0.2) is 51.2 Å². The number of hydrogen-bond donors (Lipinski definition) is 3. The maximum atomic E-state index is 13.2. The number of para-hydroxylation sites is 2. The Hall–Kier alpha value is -3.88. The molecule has 9 heteroatoms. The van der Waals surface area contributed by atoms with E-state index in [9.17, 15) is 19.5 Å². The molecule has 2 aromatic carbocycles. The SMILES string of the molecule is CC(C)C[C@H](NC(=O)N1CCn2c1nc1ccccc12)C(=O)N[C@@H](Cc1ccccc1)C(=O)O. The molecule has 4 rings (SSSR count). The van der Waals surface area contributed by atoms with Crippen LogP contribution >= 0.6 is 0 Å². The zero-order chi connectivity index (χ0) is 24.2. The van der Waals surface area contributed by atoms with E-state index in [1.807, 2.05) is 73.0 Å². The fraction of sp³-hybridized carbons (Fsp3) is 0.360. The van der Waals surface area contributed by atoms with E-state index in [2.05, 4.69) is 15.6 Å². The van der Waals surface area contributed by atoms with Crippen molar-refractivity contribution in [2.24, 2.45) is 5.92 Å². The van der Waals surface area contributed by atoms with Gasteiger partial charge >= 0.3 is 12.0 Å². The monoisotopic (exact) mass is 463 g/mol. The van der Waals surface area contributed by atoms with Gasteiger partial charge in [-0.15, -0.1) is 0 Å². The van der Waals surface area contributed by atoms with E-state index in [1.165, 1.54) is 4.90 Å². The summed E-state index contributed by atoms with van der Waals surface area (Å²) in [5.74, 6) is -0.996. The summed E-state index contributed by atoms with van der Waals surface area (Å²) >= 11 is 0. The fourth-order valence-corrected chi connectivity index (χ4v) is 4.23. The largest absolute Gasteiger partial charge is 0.480 e. The molecular weight excluding hydrogens is 434 g/mol. The number of hydrogen-bond acceptors (Lipinski definition) is 4. The van der Waals surface area contributed by atoms with E-state index in [-0.39, 0.29) is 12.3 Å². The standard InChI is InChI=1S/C25H29N5O4/c1-16(2)14-19(22(31)26-20(23(32)33)15-17-8-4-3-5-9-17)28-25(34)30-13-12-29-21-11-7-6-10-18(21)27-24(29)30/h3-11,16,19-20H,12-15H2,1-2H3,(H,26,31)(H,28,34)(H,32,33)/t19-,20-/m0/s1. The molecule has 3 amide bonds. The first-order valence-electron chi connectivity index (χ1n) is 11.4. The molecule has 34 heavy (non-hydrogen) atoms. The van der Waals surface area contributed by atoms with Crippen LogP contribution in [0, 0.1) is 5.92 Å². The van der Waals surface area contributed by atoms with Gasteiger partial charge in [-0.1, -0.05) is 56.3 Å². The highest BCUT2D eigenvalue weighted by Crippen LogP contribution is 2.27. The number of amides is 3. The van der Waals surface area contributed by atoms with E-state index in [1.54, 1.807) is 0 Å². The number of imidazole rings is 1. The molecule has 0 bridgehead atoms. The average Bonchev–Trinajstić information content (AvgIpc) is 3.38. The Morgan fingerprint density at radius 3 is 2.38 bits per heavy atom. The van der Waals surface area contributed by atoms with Crippen molar-refractivity contribution in [1.29, 1.82) is 0 Å². The van der Waals surface area contributed by atoms with Gasteiger partial charge in [0.25, 0.3) is 0 Å². The van der Waals surface area contributed by atoms with Crippen molar-refractivity contribution in [3.05, 3.63) is 60.2 Å². The van der Waals surface area contributed by atoms with E-state index < -0.39 is 30.0 Å². The number of nitrogens with one attached hydrogen (secondary N) is 2. The van der Waals surface area contributed by atoms with Crippen molar-refractivity contribution in [2.45, 2.75) is 45.3 Å². The second-order valence-corrected chi connectivity index (χ2v) is 8.92. The van der Waals surface area contributed by atoms with Crippen LogP contribution in [0.25, 0.3) is 11.0 Å². The minimum absolute atomic E-state index is 0.108. The summed E-state index contributed by atoms with van der Waals surface area (Å²) in [5.41, 5.74) is 2.56. The van der Waals surface area contributed by atoms with Crippen molar-refractivity contribution in [3.63, 3.8) is 0 Å². The molecule has 0 saturated heterocycles. The molecule has 3 N–H and O–H groups in total. The number of carbonyl (C=O) groups excluding carboxylic acids is 2. The lowest BCUT2D eigenvalue weighted by molar-refractivity contribution is -0.142. The van der Waals surface area contributed by atoms with Gasteiger partial charge in [0.15, 0.2) is 0 Å². The summed E-state index contributed by atoms with van der Waals surface area (Å²) in [6.07, 6.45) is 0.528. The molecule has 0 unspecified atom stereocenters. The first kappa shape index (κ1) is 23.3. The average molecular weight is 464 g/mol. The number of nitrogens with zero attached hydrogens (tertiary/aromatic N) is 3. The third-order valence-electron chi connectivity index (χ3n) is 5.89. The Balaban J connectivity index is 1.48. The smallest absolute Gasteiger partial charge is 0.326 e. The van der Waals surface area contributed by atoms with Gasteiger partial charge in [-0.2, -0.15) is 0 Å². The molecule has 1 aromatic heterocycles. The summed E-state index contributed by atoms with van der Waals surface area (Å²) < 4.78 is 1.98. The lowest BCUT2D eigenvalue weighted by Gasteiger charge is -2.25. The molecule has 1 aliphatic rings. The highest BCUT2D eigenvalue weighted by Gasteiger charge is 2.32. The molecule has 178 valence electrons. The van der Waals surface area contributed by atoms with Gasteiger partial charge in [-0.3, -0.25) is 9.69 Å². The van der Waals surface area contributed by atoms with Gasteiger partial charge in [0.1, 0.15) is 12.1 Å². The maximum Gasteiger partial charge on any atom is 0.326 e. The Morgan fingerprint density at radius 2 is 1.68 bits per heavy atom. The minimum atomic E-state index is -1.12. The van der Waals surface area contributed by atoms with E-state index >= 15 is 0 Å². The van der Waals surface area contributed by atoms with Gasteiger partial charge in [0.05, 0.1) is 11.0 Å². The number of benzene rings is 2. The number of anilines is 1. The lowest BCUT2D eigenvalue weighted by Crippen LogP contribution is -2.55. The predicted molar refractivity (Wildman–Crippen MR) is 129 cm³/mol. The highest BCUT2D eigenvalue weighted by atomic mass is 16.4. The molecule has 9 nitrogen and oxygen atoms in total. The van der Waals surface area contributed by atoms with Gasteiger partial charge in [0.2, 0.25) is 11.9 Å². The topological polar surface area (TPSA) is 117 Å². The van der Waals surface area contributed by atoms with Crippen LogP contribution in [0.1, 0.15) is 25.8 Å². The zero-order valence-electron chi connectivity index (χ0n) is 19.3. The quantitative estimate of drug-likeness (QED) is 0.475. The molecule has 0 saturated carbocycles. The fourth-order valence-electron chi connectivity index (χ4n) is 4.23. The number of aliphatic carboxylic acids is 1. The van der Waals surface area contributed by atoms with E-state index in [0.29, 0.717) is 25.5 Å². The Labute approximate surface area is 197 Å². The number of carboxylic acid groups (broad SMARTS) is 1. The van der Waals surface area contributed by atoms with E-state index in [0.717, 1.165) is 16.6 Å². The Bertz CT molecular complexity index is 1190. The summed E-state index contributed by atoms with van der Waals surface area (Å²) in [5, 5.41) is 15.1. The molecular formula is C25H29N5O4. The normalized spacial score (nSPS) is 14.6. The summed E-state index contributed by atoms with van der Waals surface area (Å²) in [7, 11) is 0. The van der Waals surface area contributed by atoms with Gasteiger partial charge in [-0.25, -0.2) is 14.6 Å².